The van der Waals surface area contributed by atoms with Gasteiger partial charge in [-0.25, -0.2) is 0 Å². The van der Waals surface area contributed by atoms with Gasteiger partial charge < -0.3 is 11.6 Å². The first-order valence-electron chi connectivity index (χ1n) is 7.08. The molecule has 0 saturated heterocycles. The fourth-order valence-corrected chi connectivity index (χ4v) is 2.41. The first-order chi connectivity index (χ1) is 9.55. The van der Waals surface area contributed by atoms with Crippen LogP contribution in [0.25, 0.3) is 0 Å². The van der Waals surface area contributed by atoms with Crippen molar-refractivity contribution < 1.29 is 72.6 Å². The molecule has 0 heterocycles. The maximum Gasteiger partial charge on any atom is 1.00 e. The molecular weight excluding hydrogens is 295 g/mol. The smallest absolute Gasteiger partial charge is 1.00 e. The number of hydrogen-bond donors (Lipinski definition) is 2. The molecule has 0 fully saturated rings. The van der Waals surface area contributed by atoms with E-state index in [1.807, 2.05) is 0 Å². The van der Waals surface area contributed by atoms with Crippen LogP contribution < -0.4 is 51.4 Å². The van der Waals surface area contributed by atoms with E-state index in [0.29, 0.717) is 12.0 Å². The van der Waals surface area contributed by atoms with E-state index in [1.165, 1.54) is 0 Å². The molecule has 1 aromatic carbocycles. The summed E-state index contributed by atoms with van der Waals surface area (Å²) in [5.74, 6) is -2.57. The van der Waals surface area contributed by atoms with Crippen molar-refractivity contribution in [1.29, 1.82) is 0 Å². The average Bonchev–Trinajstić information content (AvgIpc) is 2.43. The maximum absolute atomic E-state index is 11.6. The molecule has 2 N–H and O–H groups in total. The van der Waals surface area contributed by atoms with Crippen LogP contribution in [0.4, 0.5) is 0 Å². The molecule has 21 heavy (non-hydrogen) atoms. The molecule has 0 radical (unpaired) electrons. The third-order valence-electron chi connectivity index (χ3n) is 3.65. The summed E-state index contributed by atoms with van der Waals surface area (Å²) in [6, 6.07) is 8.25. The quantitative estimate of drug-likeness (QED) is 0.397. The molecule has 0 bridgehead atoms. The van der Waals surface area contributed by atoms with Crippen LogP contribution in [0.1, 0.15) is 52.4 Å². The van der Waals surface area contributed by atoms with E-state index in [-0.39, 0.29) is 59.2 Å². The van der Waals surface area contributed by atoms with Gasteiger partial charge in [-0.05, 0) is 12.0 Å². The average molecular weight is 318 g/mol. The van der Waals surface area contributed by atoms with Crippen LogP contribution in [0.3, 0.4) is 0 Å². The molecule has 0 unspecified atom stereocenters. The van der Waals surface area contributed by atoms with Crippen LogP contribution in [0, 0.1) is 0 Å². The van der Waals surface area contributed by atoms with Gasteiger partial charge in [-0.2, -0.15) is 0 Å². The predicted octanol–water partition coefficient (Wildman–Crippen LogP) is 0.571. The molecule has 0 saturated carbocycles. The van der Waals surface area contributed by atoms with Gasteiger partial charge in [0.2, 0.25) is 0 Å². The first kappa shape index (κ1) is 20.8. The van der Waals surface area contributed by atoms with Crippen LogP contribution in [-0.2, 0) is 15.0 Å². The van der Waals surface area contributed by atoms with Gasteiger partial charge in [-0.1, -0.05) is 69.4 Å². The van der Waals surface area contributed by atoms with E-state index in [0.717, 1.165) is 25.7 Å². The second-order valence-corrected chi connectivity index (χ2v) is 5.05. The molecule has 1 rings (SSSR count). The van der Waals surface area contributed by atoms with Crippen molar-refractivity contribution in [3.05, 3.63) is 35.9 Å². The maximum atomic E-state index is 11.6. The van der Waals surface area contributed by atoms with Gasteiger partial charge in [0, 0.05) is 0 Å². The van der Waals surface area contributed by atoms with Crippen LogP contribution in [0.15, 0.2) is 30.3 Å². The fourth-order valence-electron chi connectivity index (χ4n) is 2.41. The second kappa shape index (κ2) is 10.5. The fraction of sp³-hybridized carbons (Fsp3) is 0.500. The minimum absolute atomic E-state index is 0. The van der Waals surface area contributed by atoms with Gasteiger partial charge in [-0.15, -0.1) is 0 Å². The number of carbonyl (C=O) groups is 2. The van der Waals surface area contributed by atoms with Crippen molar-refractivity contribution in [2.24, 2.45) is 0 Å². The van der Waals surface area contributed by atoms with Gasteiger partial charge in [0.1, 0.15) is 0 Å². The molecule has 0 spiro atoms. The van der Waals surface area contributed by atoms with Crippen LogP contribution >= 0.6 is 0 Å². The van der Waals surface area contributed by atoms with Crippen molar-refractivity contribution in [3.8, 4) is 0 Å². The minimum Gasteiger partial charge on any atom is -1.00 e. The number of carboxylic acids is 2. The van der Waals surface area contributed by atoms with Crippen molar-refractivity contribution in [2.75, 3.05) is 0 Å². The first-order valence-corrected chi connectivity index (χ1v) is 7.08. The van der Waals surface area contributed by atoms with E-state index in [1.54, 1.807) is 30.3 Å². The Morgan fingerprint density at radius 2 is 1.52 bits per heavy atom. The molecule has 0 atom stereocenters. The van der Waals surface area contributed by atoms with E-state index in [4.69, 9.17) is 0 Å². The monoisotopic (exact) mass is 318 g/mol. The number of hydrogen-bond acceptors (Lipinski definition) is 2. The zero-order valence-electron chi connectivity index (χ0n) is 13.8. The zero-order valence-corrected chi connectivity index (χ0v) is 16.0. The van der Waals surface area contributed by atoms with E-state index in [2.05, 4.69) is 6.92 Å². The van der Waals surface area contributed by atoms with E-state index in [9.17, 15) is 19.8 Å². The predicted molar refractivity (Wildman–Crippen MR) is 77.9 cm³/mol. The van der Waals surface area contributed by atoms with Crippen LogP contribution in [0.5, 0.6) is 0 Å². The summed E-state index contributed by atoms with van der Waals surface area (Å²) in [5, 5.41) is 18.9. The molecule has 112 valence electrons. The van der Waals surface area contributed by atoms with Crippen LogP contribution in [-0.4, -0.2) is 22.2 Å². The summed E-state index contributed by atoms with van der Waals surface area (Å²) in [6.07, 6.45) is 4.81. The minimum atomic E-state index is -1.83. The van der Waals surface area contributed by atoms with Gasteiger partial charge in [0.25, 0.3) is 0 Å². The Morgan fingerprint density at radius 3 is 2.00 bits per heavy atom. The third-order valence-corrected chi connectivity index (χ3v) is 3.65. The number of unbranched alkanes of at least 4 members (excludes halogenated alkanes) is 4. The van der Waals surface area contributed by atoms with Crippen LogP contribution in [0.2, 0.25) is 0 Å². The largest absolute Gasteiger partial charge is 1.00 e. The van der Waals surface area contributed by atoms with Crippen molar-refractivity contribution in [3.63, 3.8) is 0 Å². The van der Waals surface area contributed by atoms with Crippen molar-refractivity contribution >= 4 is 11.9 Å². The normalized spacial score (nSPS) is 10.7. The molecular formula is C16H23KO4. The Morgan fingerprint density at radius 1 is 1.00 bits per heavy atom. The standard InChI is InChI=1S/C16H22O4.K.H/c1-2-3-4-5-9-12-16(14(17)18,15(19)20)13-10-7-6-8-11-13;;/h6-8,10-11H,2-5,9,12H2,1H3,(H,17,18)(H,19,20);;/q;+1;-1. The Hall–Kier alpha value is -0.204. The van der Waals surface area contributed by atoms with Crippen molar-refractivity contribution in [2.45, 2.75) is 50.9 Å². The van der Waals surface area contributed by atoms with Crippen molar-refractivity contribution in [1.82, 2.24) is 0 Å². The van der Waals surface area contributed by atoms with Gasteiger partial charge in [-0.3, -0.25) is 9.59 Å². The van der Waals surface area contributed by atoms with E-state index >= 15 is 0 Å². The molecule has 0 aliphatic carbocycles. The number of benzene rings is 1. The van der Waals surface area contributed by atoms with Gasteiger partial charge in [0.05, 0.1) is 0 Å². The van der Waals surface area contributed by atoms with E-state index < -0.39 is 17.4 Å². The summed E-state index contributed by atoms with van der Waals surface area (Å²) in [5.41, 5.74) is -1.48. The Balaban J connectivity index is 0. The molecule has 5 heteroatoms. The Kier molecular flexibility index (Phi) is 10.4. The summed E-state index contributed by atoms with van der Waals surface area (Å²) in [7, 11) is 0. The third kappa shape index (κ3) is 5.49. The van der Waals surface area contributed by atoms with Gasteiger partial charge >= 0.3 is 63.3 Å². The Bertz CT molecular complexity index is 437. The second-order valence-electron chi connectivity index (χ2n) is 5.05. The zero-order chi connectivity index (χ0) is 15.0. The molecule has 0 amide bonds. The number of rotatable bonds is 9. The Labute approximate surface area is 169 Å². The molecule has 0 aromatic heterocycles. The summed E-state index contributed by atoms with van der Waals surface area (Å²) >= 11 is 0. The van der Waals surface area contributed by atoms with Gasteiger partial charge in [0.15, 0.2) is 5.41 Å². The molecule has 0 aliphatic heterocycles. The SMILES string of the molecule is CCCCCCCC(C(=O)O)(C(=O)O)c1ccccc1.[H-].[K+]. The summed E-state index contributed by atoms with van der Waals surface area (Å²) in [4.78, 5) is 23.2. The summed E-state index contributed by atoms with van der Waals surface area (Å²) in [6.45, 7) is 2.10. The number of carboxylic acid groups (broad SMARTS) is 2. The molecule has 4 nitrogen and oxygen atoms in total. The molecule has 1 aromatic rings. The summed E-state index contributed by atoms with van der Waals surface area (Å²) < 4.78 is 0. The topological polar surface area (TPSA) is 74.6 Å². The number of aliphatic carboxylic acids is 2. The molecule has 0 aliphatic rings.